The number of aromatic nitrogens is 2. The quantitative estimate of drug-likeness (QED) is 0.784. The predicted molar refractivity (Wildman–Crippen MR) is 90.9 cm³/mol. The maximum atomic E-state index is 14.6. The Kier molecular flexibility index (Phi) is 3.82. The van der Waals surface area contributed by atoms with Crippen LogP contribution in [0.1, 0.15) is 12.8 Å². The highest BCUT2D eigenvalue weighted by Gasteiger charge is 2.34. The molecule has 122 valence electrons. The number of hydrogen-bond donors (Lipinski definition) is 1. The first kappa shape index (κ1) is 15.4. The van der Waals surface area contributed by atoms with E-state index in [0.717, 1.165) is 25.9 Å². The number of hydrogen-bond acceptors (Lipinski definition) is 5. The fourth-order valence-electron chi connectivity index (χ4n) is 3.44. The first-order chi connectivity index (χ1) is 11.1. The van der Waals surface area contributed by atoms with Crippen molar-refractivity contribution in [3.8, 4) is 6.01 Å². The molecule has 0 amide bonds. The SMILES string of the molecule is COc1nc(N2CC3CCC(C2)N3)c2cc(Cl)c(Br)c(F)c2n1. The van der Waals surface area contributed by atoms with Gasteiger partial charge in [0.2, 0.25) is 0 Å². The van der Waals surface area contributed by atoms with E-state index >= 15 is 0 Å². The summed E-state index contributed by atoms with van der Waals surface area (Å²) in [6, 6.07) is 2.76. The van der Waals surface area contributed by atoms with Gasteiger partial charge in [-0.2, -0.15) is 9.97 Å². The number of ether oxygens (including phenoxy) is 1. The van der Waals surface area contributed by atoms with Crippen LogP contribution in [0.3, 0.4) is 0 Å². The van der Waals surface area contributed by atoms with Crippen LogP contribution >= 0.6 is 27.5 Å². The van der Waals surface area contributed by atoms with E-state index < -0.39 is 5.82 Å². The normalized spacial score (nSPS) is 23.6. The Morgan fingerprint density at radius 3 is 2.70 bits per heavy atom. The minimum atomic E-state index is -0.493. The second-order valence-electron chi connectivity index (χ2n) is 5.96. The molecule has 3 heterocycles. The van der Waals surface area contributed by atoms with E-state index in [0.29, 0.717) is 28.3 Å². The summed E-state index contributed by atoms with van der Waals surface area (Å²) in [6.07, 6.45) is 2.31. The summed E-state index contributed by atoms with van der Waals surface area (Å²) in [6.45, 7) is 1.67. The molecule has 2 aromatic rings. The molecule has 0 saturated carbocycles. The summed E-state index contributed by atoms with van der Waals surface area (Å²) in [5.41, 5.74) is 0.217. The monoisotopic (exact) mass is 400 g/mol. The third-order valence-corrected chi connectivity index (χ3v) is 5.79. The number of halogens is 3. The second kappa shape index (κ2) is 5.72. The third kappa shape index (κ3) is 2.55. The van der Waals surface area contributed by atoms with Gasteiger partial charge in [0.1, 0.15) is 11.3 Å². The zero-order valence-corrected chi connectivity index (χ0v) is 14.8. The fourth-order valence-corrected chi connectivity index (χ4v) is 3.93. The van der Waals surface area contributed by atoms with Crippen LogP contribution in [0.2, 0.25) is 5.02 Å². The number of anilines is 1. The lowest BCUT2D eigenvalue weighted by molar-refractivity contribution is 0.380. The molecule has 2 aliphatic rings. The van der Waals surface area contributed by atoms with E-state index in [2.05, 4.69) is 36.1 Å². The Bertz CT molecular complexity index is 778. The van der Waals surface area contributed by atoms with E-state index in [9.17, 15) is 4.39 Å². The van der Waals surface area contributed by atoms with Gasteiger partial charge in [-0.3, -0.25) is 0 Å². The summed E-state index contributed by atoms with van der Waals surface area (Å²) in [5.74, 6) is 0.186. The van der Waals surface area contributed by atoms with Gasteiger partial charge >= 0.3 is 6.01 Å². The molecule has 8 heteroatoms. The van der Waals surface area contributed by atoms with Crippen molar-refractivity contribution in [1.29, 1.82) is 0 Å². The molecule has 1 N–H and O–H groups in total. The lowest BCUT2D eigenvalue weighted by atomic mass is 10.1. The summed E-state index contributed by atoms with van der Waals surface area (Å²) in [4.78, 5) is 10.8. The van der Waals surface area contributed by atoms with E-state index in [1.807, 2.05) is 0 Å². The number of piperazine rings is 1. The fraction of sp³-hybridized carbons (Fsp3) is 0.467. The van der Waals surface area contributed by atoms with Gasteiger partial charge in [-0.25, -0.2) is 4.39 Å². The Balaban J connectivity index is 1.90. The maximum Gasteiger partial charge on any atom is 0.318 e. The van der Waals surface area contributed by atoms with E-state index in [1.54, 1.807) is 6.07 Å². The molecule has 23 heavy (non-hydrogen) atoms. The average Bonchev–Trinajstić information content (AvgIpc) is 2.90. The molecular weight excluding hydrogens is 387 g/mol. The van der Waals surface area contributed by atoms with Crippen LogP contribution in [0, 0.1) is 5.82 Å². The van der Waals surface area contributed by atoms with Crippen molar-refractivity contribution < 1.29 is 9.13 Å². The minimum Gasteiger partial charge on any atom is -0.467 e. The minimum absolute atomic E-state index is 0.159. The van der Waals surface area contributed by atoms with E-state index in [4.69, 9.17) is 16.3 Å². The Labute approximate surface area is 146 Å². The molecule has 0 aliphatic carbocycles. The van der Waals surface area contributed by atoms with Gasteiger partial charge in [0.15, 0.2) is 5.82 Å². The summed E-state index contributed by atoms with van der Waals surface area (Å²) >= 11 is 9.31. The van der Waals surface area contributed by atoms with Crippen LogP contribution < -0.4 is 15.0 Å². The van der Waals surface area contributed by atoms with E-state index in [-0.39, 0.29) is 16.0 Å². The summed E-state index contributed by atoms with van der Waals surface area (Å²) < 4.78 is 20.0. The zero-order chi connectivity index (χ0) is 16.1. The second-order valence-corrected chi connectivity index (χ2v) is 7.16. The number of rotatable bonds is 2. The molecule has 0 spiro atoms. The van der Waals surface area contributed by atoms with Crippen molar-refractivity contribution in [3.63, 3.8) is 0 Å². The zero-order valence-electron chi connectivity index (χ0n) is 12.4. The molecule has 2 unspecified atom stereocenters. The van der Waals surface area contributed by atoms with Gasteiger partial charge in [0.25, 0.3) is 0 Å². The molecule has 2 saturated heterocycles. The molecule has 2 aliphatic heterocycles. The smallest absolute Gasteiger partial charge is 0.318 e. The Morgan fingerprint density at radius 1 is 1.35 bits per heavy atom. The number of nitrogens with zero attached hydrogens (tertiary/aromatic N) is 3. The lowest BCUT2D eigenvalue weighted by Gasteiger charge is -2.34. The third-order valence-electron chi connectivity index (χ3n) is 4.49. The van der Waals surface area contributed by atoms with Crippen LogP contribution in [0.15, 0.2) is 10.5 Å². The Morgan fingerprint density at radius 2 is 2.04 bits per heavy atom. The van der Waals surface area contributed by atoms with Gasteiger partial charge in [0, 0.05) is 30.6 Å². The maximum absolute atomic E-state index is 14.6. The van der Waals surface area contributed by atoms with Gasteiger partial charge in [-0.05, 0) is 34.8 Å². The van der Waals surface area contributed by atoms with Crippen molar-refractivity contribution in [3.05, 3.63) is 21.4 Å². The van der Waals surface area contributed by atoms with Crippen molar-refractivity contribution in [2.24, 2.45) is 0 Å². The highest BCUT2D eigenvalue weighted by atomic mass is 79.9. The largest absolute Gasteiger partial charge is 0.467 e. The summed E-state index contributed by atoms with van der Waals surface area (Å²) in [7, 11) is 1.48. The first-order valence-corrected chi connectivity index (χ1v) is 8.64. The highest BCUT2D eigenvalue weighted by Crippen LogP contribution is 2.37. The van der Waals surface area contributed by atoms with Crippen molar-refractivity contribution in [2.75, 3.05) is 25.1 Å². The number of benzene rings is 1. The molecule has 1 aromatic carbocycles. The number of methoxy groups -OCH3 is 1. The van der Waals surface area contributed by atoms with Crippen LogP contribution in [0.4, 0.5) is 10.2 Å². The molecule has 2 bridgehead atoms. The van der Waals surface area contributed by atoms with Crippen LogP contribution in [-0.4, -0.2) is 42.3 Å². The number of nitrogens with one attached hydrogen (secondary N) is 1. The standard InChI is InChI=1S/C15H15BrClFN4O/c1-23-15-20-13-9(4-10(17)11(16)12(13)18)14(21-15)22-5-7-2-3-8(6-22)19-7/h4,7-8,19H,2-3,5-6H2,1H3. The van der Waals surface area contributed by atoms with Gasteiger partial charge in [0.05, 0.1) is 16.6 Å². The van der Waals surface area contributed by atoms with Gasteiger partial charge in [-0.1, -0.05) is 11.6 Å². The van der Waals surface area contributed by atoms with Crippen molar-refractivity contribution in [1.82, 2.24) is 15.3 Å². The molecule has 2 atom stereocenters. The topological polar surface area (TPSA) is 50.3 Å². The Hall–Kier alpha value is -1.18. The molecule has 1 aromatic heterocycles. The van der Waals surface area contributed by atoms with Crippen molar-refractivity contribution >= 4 is 44.3 Å². The van der Waals surface area contributed by atoms with Crippen LogP contribution in [0.5, 0.6) is 6.01 Å². The lowest BCUT2D eigenvalue weighted by Crippen LogP contribution is -2.51. The van der Waals surface area contributed by atoms with Crippen LogP contribution in [0.25, 0.3) is 10.9 Å². The van der Waals surface area contributed by atoms with Crippen molar-refractivity contribution in [2.45, 2.75) is 24.9 Å². The molecule has 2 fully saturated rings. The molecule has 5 nitrogen and oxygen atoms in total. The number of fused-ring (bicyclic) bond motifs is 3. The summed E-state index contributed by atoms with van der Waals surface area (Å²) in [5, 5.41) is 4.49. The van der Waals surface area contributed by atoms with Gasteiger partial charge in [-0.15, -0.1) is 0 Å². The first-order valence-electron chi connectivity index (χ1n) is 7.47. The molecule has 4 rings (SSSR count). The van der Waals surface area contributed by atoms with E-state index in [1.165, 1.54) is 7.11 Å². The van der Waals surface area contributed by atoms with Gasteiger partial charge < -0.3 is 15.0 Å². The molecular formula is C15H15BrClFN4O. The van der Waals surface area contributed by atoms with Crippen LogP contribution in [-0.2, 0) is 0 Å². The molecule has 0 radical (unpaired) electrons. The predicted octanol–water partition coefficient (Wildman–Crippen LogP) is 3.13. The average molecular weight is 402 g/mol. The highest BCUT2D eigenvalue weighted by molar-refractivity contribution is 9.10.